The molecule has 0 bridgehead atoms. The number of rotatable bonds is 1. The maximum Gasteiger partial charge on any atom is 0.352 e. The first kappa shape index (κ1) is 11.5. The highest BCUT2D eigenvalue weighted by Crippen LogP contribution is 2.96. The van der Waals surface area contributed by atoms with Crippen molar-refractivity contribution in [1.82, 2.24) is 13.9 Å². The number of nitrogens with zero attached hydrogens (tertiary/aromatic N) is 3. The molecule has 5 nitrogen and oxygen atoms in total. The molecule has 5 heteroatoms. The van der Waals surface area contributed by atoms with Crippen molar-refractivity contribution < 1.29 is 0 Å². The van der Waals surface area contributed by atoms with Crippen LogP contribution in [-0.4, -0.2) is 13.9 Å². The van der Waals surface area contributed by atoms with Gasteiger partial charge in [0.15, 0.2) is 0 Å². The molecule has 1 aliphatic heterocycles. The van der Waals surface area contributed by atoms with Gasteiger partial charge in [-0.2, -0.15) is 0 Å². The third-order valence-corrected chi connectivity index (χ3v) is 7.66. The van der Waals surface area contributed by atoms with E-state index in [1.807, 2.05) is 30.3 Å². The van der Waals surface area contributed by atoms with E-state index >= 15 is 0 Å². The van der Waals surface area contributed by atoms with Crippen LogP contribution >= 0.6 is 0 Å². The second-order valence-electron chi connectivity index (χ2n) is 7.82. The lowest BCUT2D eigenvalue weighted by atomic mass is 9.60. The highest BCUT2D eigenvalue weighted by molar-refractivity contribution is 5.41. The van der Waals surface area contributed by atoms with Crippen molar-refractivity contribution in [3.05, 3.63) is 51.3 Å². The molecule has 1 aromatic heterocycles. The molecular formula is C17H17N3O2. The third kappa shape index (κ3) is 0.788. The number of hydrogen-bond acceptors (Lipinski definition) is 2. The molecule has 0 radical (unpaired) electrons. The maximum absolute atomic E-state index is 13.0. The molecule has 3 fully saturated rings. The van der Waals surface area contributed by atoms with Gasteiger partial charge >= 0.3 is 11.4 Å². The maximum atomic E-state index is 13.0. The SMILES string of the molecule is C[C@@]12[C@H]3[C@H]4C[C@H]1[C@]2(C)[C@H]3n1c(=O)n(-c2ccccc2)c(=O)n14. The predicted molar refractivity (Wildman–Crippen MR) is 80.2 cm³/mol. The van der Waals surface area contributed by atoms with Gasteiger partial charge < -0.3 is 0 Å². The van der Waals surface area contributed by atoms with Crippen molar-refractivity contribution in [2.45, 2.75) is 32.4 Å². The fourth-order valence-corrected chi connectivity index (χ4v) is 6.66. The monoisotopic (exact) mass is 295 g/mol. The Kier molecular flexibility index (Phi) is 1.52. The molecule has 3 aliphatic carbocycles. The highest BCUT2D eigenvalue weighted by Gasteiger charge is 2.93. The Morgan fingerprint density at radius 3 is 2.36 bits per heavy atom. The summed E-state index contributed by atoms with van der Waals surface area (Å²) in [5.41, 5.74) is 0.936. The van der Waals surface area contributed by atoms with E-state index in [4.69, 9.17) is 0 Å². The number of fused-ring (bicyclic) bond motifs is 5. The zero-order chi connectivity index (χ0) is 15.0. The first-order chi connectivity index (χ1) is 10.5. The summed E-state index contributed by atoms with van der Waals surface area (Å²) in [4.78, 5) is 25.9. The van der Waals surface area contributed by atoms with Crippen LogP contribution in [0.15, 0.2) is 39.9 Å². The van der Waals surface area contributed by atoms with E-state index in [0.717, 1.165) is 6.42 Å². The van der Waals surface area contributed by atoms with Gasteiger partial charge in [-0.25, -0.2) is 23.5 Å². The van der Waals surface area contributed by atoms with E-state index in [1.165, 1.54) is 4.57 Å². The van der Waals surface area contributed by atoms with Crippen LogP contribution in [0.5, 0.6) is 0 Å². The van der Waals surface area contributed by atoms with Crippen LogP contribution in [0.25, 0.3) is 5.69 Å². The predicted octanol–water partition coefficient (Wildman–Crippen LogP) is 1.57. The molecule has 22 heavy (non-hydrogen) atoms. The van der Waals surface area contributed by atoms with Crippen molar-refractivity contribution in [3.8, 4) is 5.69 Å². The van der Waals surface area contributed by atoms with Crippen LogP contribution in [0, 0.1) is 22.7 Å². The van der Waals surface area contributed by atoms with Crippen molar-refractivity contribution in [2.24, 2.45) is 22.7 Å². The summed E-state index contributed by atoms with van der Waals surface area (Å²) in [5, 5.41) is 0. The minimum absolute atomic E-state index is 0.162. The fraction of sp³-hybridized carbons (Fsp3) is 0.529. The average Bonchev–Trinajstić information content (AvgIpc) is 2.85. The topological polar surface area (TPSA) is 48.9 Å². The van der Waals surface area contributed by atoms with Crippen LogP contribution < -0.4 is 11.4 Å². The number of hydrogen-bond donors (Lipinski definition) is 0. The molecule has 3 saturated carbocycles. The van der Waals surface area contributed by atoms with Gasteiger partial charge in [-0.15, -0.1) is 0 Å². The quantitative estimate of drug-likeness (QED) is 0.802. The van der Waals surface area contributed by atoms with Crippen LogP contribution in [0.1, 0.15) is 32.4 Å². The molecule has 0 N–H and O–H groups in total. The average molecular weight is 295 g/mol. The largest absolute Gasteiger partial charge is 0.352 e. The normalized spacial score (nSPS) is 45.4. The molecule has 0 amide bonds. The lowest BCUT2D eigenvalue weighted by Gasteiger charge is -2.45. The van der Waals surface area contributed by atoms with Crippen molar-refractivity contribution >= 4 is 0 Å². The van der Waals surface area contributed by atoms with E-state index in [2.05, 4.69) is 13.8 Å². The smallest absolute Gasteiger partial charge is 0.245 e. The minimum atomic E-state index is -0.164. The first-order valence-electron chi connectivity index (χ1n) is 8.04. The van der Waals surface area contributed by atoms with Gasteiger partial charge in [0.25, 0.3) is 0 Å². The zero-order valence-electron chi connectivity index (χ0n) is 12.6. The summed E-state index contributed by atoms with van der Waals surface area (Å²) in [7, 11) is 0. The van der Waals surface area contributed by atoms with E-state index in [0.29, 0.717) is 22.9 Å². The van der Waals surface area contributed by atoms with Gasteiger partial charge in [0, 0.05) is 5.92 Å². The number of para-hydroxylation sites is 1. The Labute approximate surface area is 126 Å². The molecule has 112 valence electrons. The summed E-state index contributed by atoms with van der Waals surface area (Å²) < 4.78 is 4.91. The van der Waals surface area contributed by atoms with Crippen LogP contribution in [0.2, 0.25) is 0 Å². The Morgan fingerprint density at radius 2 is 1.68 bits per heavy atom. The van der Waals surface area contributed by atoms with E-state index in [1.54, 1.807) is 9.36 Å². The third-order valence-electron chi connectivity index (χ3n) is 7.66. The van der Waals surface area contributed by atoms with Crippen LogP contribution in [0.4, 0.5) is 0 Å². The van der Waals surface area contributed by atoms with Crippen molar-refractivity contribution in [2.75, 3.05) is 0 Å². The van der Waals surface area contributed by atoms with Gasteiger partial charge in [0.2, 0.25) is 0 Å². The molecular weight excluding hydrogens is 278 g/mol. The Morgan fingerprint density at radius 1 is 1.00 bits per heavy atom. The Hall–Kier alpha value is -2.04. The Balaban J connectivity index is 1.65. The summed E-state index contributed by atoms with van der Waals surface area (Å²) in [6.07, 6.45) is 1.06. The second-order valence-corrected chi connectivity index (χ2v) is 7.82. The van der Waals surface area contributed by atoms with Crippen molar-refractivity contribution in [3.63, 3.8) is 0 Å². The molecule has 2 heterocycles. The molecule has 0 unspecified atom stereocenters. The standard InChI is InChI=1S/C17H17N3O2/c1-16-11-8-10-12(16)13(17(11,16)2)20-15(22)18(14(21)19(10)20)9-6-4-3-5-7-9/h3-7,10-13H,8H2,1-2H3/t10-,11-,12+,13+,16+,17-/m1/s1. The Bertz CT molecular complexity index is 968. The molecule has 0 spiro atoms. The summed E-state index contributed by atoms with van der Waals surface area (Å²) in [6.45, 7) is 4.66. The van der Waals surface area contributed by atoms with E-state index < -0.39 is 0 Å². The van der Waals surface area contributed by atoms with Crippen molar-refractivity contribution in [1.29, 1.82) is 0 Å². The summed E-state index contributed by atoms with van der Waals surface area (Å²) in [6, 6.07) is 9.72. The summed E-state index contributed by atoms with van der Waals surface area (Å²) in [5.74, 6) is 1.18. The minimum Gasteiger partial charge on any atom is -0.245 e. The lowest BCUT2D eigenvalue weighted by Crippen LogP contribution is -2.46. The van der Waals surface area contributed by atoms with Gasteiger partial charge in [-0.3, -0.25) is 0 Å². The summed E-state index contributed by atoms with van der Waals surface area (Å²) >= 11 is 0. The van der Waals surface area contributed by atoms with Crippen LogP contribution in [0.3, 0.4) is 0 Å². The molecule has 6 rings (SSSR count). The molecule has 2 aromatic rings. The van der Waals surface area contributed by atoms with E-state index in [-0.39, 0.29) is 28.9 Å². The van der Waals surface area contributed by atoms with Gasteiger partial charge in [-0.05, 0) is 35.3 Å². The van der Waals surface area contributed by atoms with E-state index in [9.17, 15) is 9.59 Å². The van der Waals surface area contributed by atoms with Gasteiger partial charge in [0.05, 0.1) is 17.8 Å². The van der Waals surface area contributed by atoms with Crippen LogP contribution in [-0.2, 0) is 0 Å². The lowest BCUT2D eigenvalue weighted by molar-refractivity contribution is 0.0167. The fourth-order valence-electron chi connectivity index (χ4n) is 6.66. The molecule has 4 aliphatic rings. The number of aromatic nitrogens is 3. The van der Waals surface area contributed by atoms with Gasteiger partial charge in [-0.1, -0.05) is 32.0 Å². The molecule has 6 atom stereocenters. The second kappa shape index (κ2) is 2.90. The highest BCUT2D eigenvalue weighted by atomic mass is 16.2. The molecule has 1 aromatic carbocycles. The number of benzene rings is 1. The van der Waals surface area contributed by atoms with Gasteiger partial charge in [0.1, 0.15) is 0 Å². The molecule has 0 saturated heterocycles. The first-order valence-corrected chi connectivity index (χ1v) is 8.04. The zero-order valence-corrected chi connectivity index (χ0v) is 12.6.